The third kappa shape index (κ3) is 3.78. The number of rotatable bonds is 5. The summed E-state index contributed by atoms with van der Waals surface area (Å²) < 4.78 is 12.0. The molecule has 4 nitrogen and oxygen atoms in total. The number of carboxylic acids is 1. The van der Waals surface area contributed by atoms with Crippen molar-refractivity contribution in [2.24, 2.45) is 5.92 Å². The first-order valence-corrected chi connectivity index (χ1v) is 6.88. The molecule has 0 spiro atoms. The zero-order valence-electron chi connectivity index (χ0n) is 9.59. The van der Waals surface area contributed by atoms with Crippen LogP contribution in [0.2, 0.25) is 5.02 Å². The predicted molar refractivity (Wildman–Crippen MR) is 67.4 cm³/mol. The van der Waals surface area contributed by atoms with E-state index in [0.29, 0.717) is 10.6 Å². The van der Waals surface area contributed by atoms with Crippen molar-refractivity contribution in [2.75, 3.05) is 0 Å². The first-order chi connectivity index (χ1) is 7.93. The van der Waals surface area contributed by atoms with E-state index in [1.54, 1.807) is 26.1 Å². The average Bonchev–Trinajstić information content (AvgIpc) is 2.20. The Morgan fingerprint density at radius 2 is 2.24 bits per heavy atom. The zero-order chi connectivity index (χ0) is 13.0. The van der Waals surface area contributed by atoms with Crippen LogP contribution < -0.4 is 0 Å². The summed E-state index contributed by atoms with van der Waals surface area (Å²) in [6.07, 6.45) is 3.00. The van der Waals surface area contributed by atoms with Gasteiger partial charge in [-0.3, -0.25) is 14.0 Å². The van der Waals surface area contributed by atoms with Crippen LogP contribution in [0.4, 0.5) is 0 Å². The molecular weight excluding hydrogens is 262 g/mol. The number of nitrogens with zero attached hydrogens (tertiary/aromatic N) is 1. The Morgan fingerprint density at radius 3 is 2.71 bits per heavy atom. The number of hydrogen-bond acceptors (Lipinski definition) is 3. The molecule has 0 aliphatic rings. The van der Waals surface area contributed by atoms with E-state index < -0.39 is 22.0 Å². The zero-order valence-corrected chi connectivity index (χ0v) is 11.2. The highest BCUT2D eigenvalue weighted by atomic mass is 35.5. The van der Waals surface area contributed by atoms with Gasteiger partial charge >= 0.3 is 5.97 Å². The second-order valence-corrected chi connectivity index (χ2v) is 5.96. The average molecular weight is 276 g/mol. The molecule has 0 aliphatic heterocycles. The molecule has 0 radical (unpaired) electrons. The summed E-state index contributed by atoms with van der Waals surface area (Å²) in [7, 11) is -1.49. The molecular formula is C11H14ClNO3S. The van der Waals surface area contributed by atoms with E-state index in [1.165, 1.54) is 6.20 Å². The number of hydrogen-bond donors (Lipinski definition) is 1. The Balaban J connectivity index is 2.85. The van der Waals surface area contributed by atoms with Gasteiger partial charge in [0.1, 0.15) is 5.25 Å². The molecule has 17 heavy (non-hydrogen) atoms. The molecule has 0 saturated heterocycles. The van der Waals surface area contributed by atoms with E-state index in [4.69, 9.17) is 16.7 Å². The molecule has 0 bridgehead atoms. The van der Waals surface area contributed by atoms with Crippen molar-refractivity contribution in [3.63, 3.8) is 0 Å². The summed E-state index contributed by atoms with van der Waals surface area (Å²) in [5.74, 6) is -1.09. The highest BCUT2D eigenvalue weighted by Gasteiger charge is 2.28. The molecule has 1 rings (SSSR count). The summed E-state index contributed by atoms with van der Waals surface area (Å²) >= 11 is 5.89. The quantitative estimate of drug-likeness (QED) is 0.893. The van der Waals surface area contributed by atoms with Crippen LogP contribution in [0.1, 0.15) is 19.4 Å². The fraction of sp³-hybridized carbons (Fsp3) is 0.455. The minimum atomic E-state index is -1.49. The molecule has 0 saturated carbocycles. The fourth-order valence-corrected chi connectivity index (χ4v) is 3.30. The van der Waals surface area contributed by atoms with Crippen molar-refractivity contribution >= 4 is 28.4 Å². The van der Waals surface area contributed by atoms with Crippen molar-refractivity contribution in [3.05, 3.63) is 29.0 Å². The Labute approximate surface area is 107 Å². The van der Waals surface area contributed by atoms with Gasteiger partial charge in [-0.1, -0.05) is 25.4 Å². The third-order valence-electron chi connectivity index (χ3n) is 2.29. The van der Waals surface area contributed by atoms with Gasteiger partial charge in [0.2, 0.25) is 0 Å². The largest absolute Gasteiger partial charge is 0.480 e. The number of pyridine rings is 1. The molecule has 6 heteroatoms. The van der Waals surface area contributed by atoms with Gasteiger partial charge in [-0.25, -0.2) is 0 Å². The predicted octanol–water partition coefficient (Wildman–Crippen LogP) is 2.09. The maximum absolute atomic E-state index is 12.0. The van der Waals surface area contributed by atoms with Gasteiger partial charge in [-0.15, -0.1) is 0 Å². The summed E-state index contributed by atoms with van der Waals surface area (Å²) in [6, 6.07) is 1.65. The molecule has 0 fully saturated rings. The van der Waals surface area contributed by atoms with Gasteiger partial charge in [0.25, 0.3) is 0 Å². The smallest absolute Gasteiger partial charge is 0.319 e. The van der Waals surface area contributed by atoms with Crippen molar-refractivity contribution in [3.8, 4) is 0 Å². The van der Waals surface area contributed by atoms with E-state index in [1.807, 2.05) is 0 Å². The minimum absolute atomic E-state index is 0.135. The highest BCUT2D eigenvalue weighted by Crippen LogP contribution is 2.19. The SMILES string of the molecule is CC(C)C(C(=O)O)S(=O)Cc1ccncc1Cl. The van der Waals surface area contributed by atoms with Gasteiger partial charge in [0, 0.05) is 23.2 Å². The molecule has 2 atom stereocenters. The second-order valence-electron chi connectivity index (χ2n) is 4.00. The lowest BCUT2D eigenvalue weighted by Crippen LogP contribution is -2.31. The number of carboxylic acid groups (broad SMARTS) is 1. The maximum Gasteiger partial charge on any atom is 0.319 e. The molecule has 0 aliphatic carbocycles. The van der Waals surface area contributed by atoms with Crippen molar-refractivity contribution in [1.82, 2.24) is 4.98 Å². The van der Waals surface area contributed by atoms with Crippen molar-refractivity contribution < 1.29 is 14.1 Å². The van der Waals surface area contributed by atoms with Crippen LogP contribution in [-0.2, 0) is 21.3 Å². The Hall–Kier alpha value is -0.940. The van der Waals surface area contributed by atoms with Crippen LogP contribution in [-0.4, -0.2) is 25.5 Å². The first-order valence-electron chi connectivity index (χ1n) is 5.12. The van der Waals surface area contributed by atoms with Crippen LogP contribution in [0.5, 0.6) is 0 Å². The molecule has 1 heterocycles. The first kappa shape index (κ1) is 14.1. The summed E-state index contributed by atoms with van der Waals surface area (Å²) in [6.45, 7) is 3.48. The van der Waals surface area contributed by atoms with E-state index in [9.17, 15) is 9.00 Å². The van der Waals surface area contributed by atoms with E-state index in [-0.39, 0.29) is 11.7 Å². The summed E-state index contributed by atoms with van der Waals surface area (Å²) in [5, 5.41) is 8.56. The van der Waals surface area contributed by atoms with Gasteiger partial charge in [-0.05, 0) is 17.5 Å². The van der Waals surface area contributed by atoms with Crippen LogP contribution in [0.15, 0.2) is 18.5 Å². The second kappa shape index (κ2) is 6.12. The summed E-state index contributed by atoms with van der Waals surface area (Å²) in [4.78, 5) is 14.8. The van der Waals surface area contributed by atoms with Crippen LogP contribution in [0.3, 0.4) is 0 Å². The standard InChI is InChI=1S/C11H14ClNO3S/c1-7(2)10(11(14)15)17(16)6-8-3-4-13-5-9(8)12/h3-5,7,10H,6H2,1-2H3,(H,14,15). The number of halogens is 1. The van der Waals surface area contributed by atoms with Crippen molar-refractivity contribution in [2.45, 2.75) is 24.9 Å². The molecule has 1 aromatic rings. The van der Waals surface area contributed by atoms with E-state index >= 15 is 0 Å². The Kier molecular flexibility index (Phi) is 5.08. The molecule has 0 amide bonds. The highest BCUT2D eigenvalue weighted by molar-refractivity contribution is 7.85. The van der Waals surface area contributed by atoms with Gasteiger partial charge in [0.05, 0.1) is 10.8 Å². The van der Waals surface area contributed by atoms with Crippen molar-refractivity contribution in [1.29, 1.82) is 0 Å². The number of aromatic nitrogens is 1. The fourth-order valence-electron chi connectivity index (χ4n) is 1.47. The minimum Gasteiger partial charge on any atom is -0.480 e. The van der Waals surface area contributed by atoms with Gasteiger partial charge in [0.15, 0.2) is 0 Å². The van der Waals surface area contributed by atoms with Gasteiger partial charge in [-0.2, -0.15) is 0 Å². The summed E-state index contributed by atoms with van der Waals surface area (Å²) in [5.41, 5.74) is 0.659. The number of carbonyl (C=O) groups is 1. The van der Waals surface area contributed by atoms with Crippen LogP contribution in [0, 0.1) is 5.92 Å². The Morgan fingerprint density at radius 1 is 1.59 bits per heavy atom. The lowest BCUT2D eigenvalue weighted by atomic mass is 10.1. The number of aliphatic carboxylic acids is 1. The van der Waals surface area contributed by atoms with Crippen LogP contribution in [0.25, 0.3) is 0 Å². The Bertz CT molecular complexity index is 436. The van der Waals surface area contributed by atoms with E-state index in [0.717, 1.165) is 0 Å². The molecule has 0 aromatic carbocycles. The normalized spacial score (nSPS) is 14.6. The lowest BCUT2D eigenvalue weighted by molar-refractivity contribution is -0.137. The van der Waals surface area contributed by atoms with Gasteiger partial charge < -0.3 is 5.11 Å². The lowest BCUT2D eigenvalue weighted by Gasteiger charge is -2.15. The monoisotopic (exact) mass is 275 g/mol. The third-order valence-corrected chi connectivity index (χ3v) is 4.53. The molecule has 2 unspecified atom stereocenters. The molecule has 1 N–H and O–H groups in total. The molecule has 94 valence electrons. The van der Waals surface area contributed by atoms with Crippen LogP contribution >= 0.6 is 11.6 Å². The topological polar surface area (TPSA) is 67.3 Å². The molecule has 1 aromatic heterocycles. The van der Waals surface area contributed by atoms with E-state index in [2.05, 4.69) is 4.98 Å². The maximum atomic E-state index is 12.0.